The molecule has 1 fully saturated rings. The number of pyridine rings is 1. The second kappa shape index (κ2) is 4.96. The summed E-state index contributed by atoms with van der Waals surface area (Å²) in [4.78, 5) is 21.7. The van der Waals surface area contributed by atoms with Crippen molar-refractivity contribution < 1.29 is 9.90 Å². The van der Waals surface area contributed by atoms with E-state index in [4.69, 9.17) is 5.11 Å². The molecule has 6 nitrogen and oxygen atoms in total. The smallest absolute Gasteiger partial charge is 0.354 e. The van der Waals surface area contributed by atoms with Crippen LogP contribution in [-0.4, -0.2) is 38.7 Å². The van der Waals surface area contributed by atoms with E-state index in [0.717, 1.165) is 31.2 Å². The van der Waals surface area contributed by atoms with E-state index in [1.807, 2.05) is 23.9 Å². The summed E-state index contributed by atoms with van der Waals surface area (Å²) in [6, 6.07) is 5.10. The third-order valence-corrected chi connectivity index (χ3v) is 3.69. The van der Waals surface area contributed by atoms with Crippen LogP contribution in [0.25, 0.3) is 0 Å². The van der Waals surface area contributed by atoms with Gasteiger partial charge in [0.2, 0.25) is 0 Å². The van der Waals surface area contributed by atoms with Crippen LogP contribution in [0.5, 0.6) is 0 Å². The molecule has 2 aromatic heterocycles. The van der Waals surface area contributed by atoms with Crippen molar-refractivity contribution in [3.8, 4) is 0 Å². The first-order chi connectivity index (χ1) is 9.65. The van der Waals surface area contributed by atoms with Gasteiger partial charge in [0.15, 0.2) is 5.69 Å². The minimum Gasteiger partial charge on any atom is -0.477 e. The molecule has 1 atom stereocenters. The molecule has 0 bridgehead atoms. The highest BCUT2D eigenvalue weighted by atomic mass is 16.4. The molecule has 3 rings (SSSR count). The zero-order valence-corrected chi connectivity index (χ0v) is 11.2. The molecular formula is C14H16N4O2. The maximum absolute atomic E-state index is 11.0. The van der Waals surface area contributed by atoms with Gasteiger partial charge in [-0.1, -0.05) is 6.07 Å². The third kappa shape index (κ3) is 2.24. The number of anilines is 1. The third-order valence-electron chi connectivity index (χ3n) is 3.69. The molecule has 1 unspecified atom stereocenters. The van der Waals surface area contributed by atoms with Crippen LogP contribution in [0.2, 0.25) is 0 Å². The second-order valence-electron chi connectivity index (χ2n) is 5.01. The van der Waals surface area contributed by atoms with Gasteiger partial charge in [0.25, 0.3) is 0 Å². The van der Waals surface area contributed by atoms with Gasteiger partial charge in [-0.2, -0.15) is 0 Å². The minimum atomic E-state index is -0.994. The van der Waals surface area contributed by atoms with E-state index >= 15 is 0 Å². The van der Waals surface area contributed by atoms with Gasteiger partial charge in [-0.3, -0.25) is 0 Å². The lowest BCUT2D eigenvalue weighted by atomic mass is 10.1. The van der Waals surface area contributed by atoms with E-state index in [1.54, 1.807) is 12.3 Å². The van der Waals surface area contributed by atoms with E-state index in [2.05, 4.69) is 14.9 Å². The molecule has 104 valence electrons. The summed E-state index contributed by atoms with van der Waals surface area (Å²) in [5, 5.41) is 9.00. The Hall–Kier alpha value is -2.37. The monoisotopic (exact) mass is 272 g/mol. The lowest BCUT2D eigenvalue weighted by Crippen LogP contribution is -2.21. The van der Waals surface area contributed by atoms with Gasteiger partial charge in [0.05, 0.1) is 0 Å². The number of aromatic nitrogens is 3. The van der Waals surface area contributed by atoms with Crippen molar-refractivity contribution in [2.24, 2.45) is 7.05 Å². The molecule has 0 spiro atoms. The van der Waals surface area contributed by atoms with E-state index < -0.39 is 5.97 Å². The molecule has 0 saturated carbocycles. The zero-order chi connectivity index (χ0) is 14.1. The Kier molecular flexibility index (Phi) is 3.14. The Labute approximate surface area is 116 Å². The van der Waals surface area contributed by atoms with E-state index in [-0.39, 0.29) is 5.69 Å². The van der Waals surface area contributed by atoms with Crippen molar-refractivity contribution in [1.29, 1.82) is 0 Å². The predicted octanol–water partition coefficient (Wildman–Crippen LogP) is 1.51. The summed E-state index contributed by atoms with van der Waals surface area (Å²) in [5.41, 5.74) is 0.0861. The van der Waals surface area contributed by atoms with Crippen molar-refractivity contribution in [3.05, 3.63) is 42.1 Å². The molecule has 1 aliphatic heterocycles. The zero-order valence-electron chi connectivity index (χ0n) is 11.2. The molecule has 0 amide bonds. The normalized spacial score (nSPS) is 18.4. The lowest BCUT2D eigenvalue weighted by Gasteiger charge is -2.17. The minimum absolute atomic E-state index is 0.0861. The SMILES string of the molecule is Cn1ccnc1C1CCN(c2cccc(C(=O)O)n2)C1. The fourth-order valence-corrected chi connectivity index (χ4v) is 2.67. The van der Waals surface area contributed by atoms with Crippen molar-refractivity contribution in [2.75, 3.05) is 18.0 Å². The molecule has 1 aliphatic rings. The highest BCUT2D eigenvalue weighted by molar-refractivity contribution is 5.85. The fourth-order valence-electron chi connectivity index (χ4n) is 2.67. The Morgan fingerprint density at radius 1 is 1.45 bits per heavy atom. The maximum Gasteiger partial charge on any atom is 0.354 e. The summed E-state index contributed by atoms with van der Waals surface area (Å²) in [5.74, 6) is 1.17. The summed E-state index contributed by atoms with van der Waals surface area (Å²) < 4.78 is 2.04. The first-order valence-electron chi connectivity index (χ1n) is 6.57. The molecule has 1 N–H and O–H groups in total. The van der Waals surface area contributed by atoms with Crippen LogP contribution >= 0.6 is 0 Å². The summed E-state index contributed by atoms with van der Waals surface area (Å²) in [6.07, 6.45) is 4.76. The van der Waals surface area contributed by atoms with Crippen LogP contribution in [0.15, 0.2) is 30.6 Å². The van der Waals surface area contributed by atoms with Crippen LogP contribution in [0.3, 0.4) is 0 Å². The number of hydrogen-bond donors (Lipinski definition) is 1. The van der Waals surface area contributed by atoms with Gasteiger partial charge in [0, 0.05) is 38.4 Å². The number of carboxylic acid groups (broad SMARTS) is 1. The molecule has 1 saturated heterocycles. The molecule has 0 radical (unpaired) electrons. The summed E-state index contributed by atoms with van der Waals surface area (Å²) in [6.45, 7) is 1.69. The molecule has 6 heteroatoms. The number of nitrogens with zero attached hydrogens (tertiary/aromatic N) is 4. The topological polar surface area (TPSA) is 71.2 Å². The average molecular weight is 272 g/mol. The van der Waals surface area contributed by atoms with Crippen LogP contribution in [0.4, 0.5) is 5.82 Å². The number of rotatable bonds is 3. The summed E-state index contributed by atoms with van der Waals surface area (Å²) in [7, 11) is 1.99. The lowest BCUT2D eigenvalue weighted by molar-refractivity contribution is 0.0690. The van der Waals surface area contributed by atoms with Crippen molar-refractivity contribution >= 4 is 11.8 Å². The molecule has 0 aliphatic carbocycles. The molecule has 2 aromatic rings. The highest BCUT2D eigenvalue weighted by Crippen LogP contribution is 2.28. The largest absolute Gasteiger partial charge is 0.477 e. The molecule has 3 heterocycles. The number of hydrogen-bond acceptors (Lipinski definition) is 4. The summed E-state index contributed by atoms with van der Waals surface area (Å²) >= 11 is 0. The fraction of sp³-hybridized carbons (Fsp3) is 0.357. The molecule has 20 heavy (non-hydrogen) atoms. The van der Waals surface area contributed by atoms with Crippen molar-refractivity contribution in [2.45, 2.75) is 12.3 Å². The second-order valence-corrected chi connectivity index (χ2v) is 5.01. The van der Waals surface area contributed by atoms with Crippen LogP contribution in [-0.2, 0) is 7.05 Å². The van der Waals surface area contributed by atoms with Gasteiger partial charge >= 0.3 is 5.97 Å². The van der Waals surface area contributed by atoms with Gasteiger partial charge in [-0.05, 0) is 18.6 Å². The van der Waals surface area contributed by atoms with Crippen LogP contribution < -0.4 is 4.90 Å². The van der Waals surface area contributed by atoms with Gasteiger partial charge < -0.3 is 14.6 Å². The van der Waals surface area contributed by atoms with Crippen LogP contribution in [0.1, 0.15) is 28.7 Å². The van der Waals surface area contributed by atoms with Crippen LogP contribution in [0, 0.1) is 0 Å². The Morgan fingerprint density at radius 2 is 2.30 bits per heavy atom. The van der Waals surface area contributed by atoms with Crippen molar-refractivity contribution in [3.63, 3.8) is 0 Å². The van der Waals surface area contributed by atoms with Gasteiger partial charge in [0.1, 0.15) is 11.6 Å². The Bertz CT molecular complexity index is 638. The molecular weight excluding hydrogens is 256 g/mol. The Balaban J connectivity index is 1.79. The number of carboxylic acids is 1. The predicted molar refractivity (Wildman–Crippen MR) is 74.0 cm³/mol. The maximum atomic E-state index is 11.0. The quantitative estimate of drug-likeness (QED) is 0.917. The van der Waals surface area contributed by atoms with Gasteiger partial charge in [-0.25, -0.2) is 14.8 Å². The number of aromatic carboxylic acids is 1. The first-order valence-corrected chi connectivity index (χ1v) is 6.57. The molecule has 0 aromatic carbocycles. The number of aryl methyl sites for hydroxylation is 1. The van der Waals surface area contributed by atoms with E-state index in [1.165, 1.54) is 6.07 Å². The highest BCUT2D eigenvalue weighted by Gasteiger charge is 2.27. The Morgan fingerprint density at radius 3 is 3.00 bits per heavy atom. The standard InChI is InChI=1S/C14H16N4O2/c1-17-8-6-15-13(17)10-5-7-18(9-10)12-4-2-3-11(16-12)14(19)20/h2-4,6,8,10H,5,7,9H2,1H3,(H,19,20). The number of carbonyl (C=O) groups is 1. The van der Waals surface area contributed by atoms with Gasteiger partial charge in [-0.15, -0.1) is 0 Å². The first kappa shape index (κ1) is 12.7. The average Bonchev–Trinajstić information content (AvgIpc) is 3.07. The van der Waals surface area contributed by atoms with E-state index in [9.17, 15) is 4.79 Å². The van der Waals surface area contributed by atoms with Crippen molar-refractivity contribution in [1.82, 2.24) is 14.5 Å². The van der Waals surface area contributed by atoms with E-state index in [0.29, 0.717) is 5.92 Å². The number of imidazole rings is 1.